The first kappa shape index (κ1) is 6.01. The number of alkyl halides is 1. The molecule has 0 radical (unpaired) electrons. The van der Waals surface area contributed by atoms with Crippen molar-refractivity contribution in [1.82, 2.24) is 0 Å². The number of hydrogen-bond acceptors (Lipinski definition) is 3. The molecule has 0 N–H and O–H groups in total. The largest absolute Gasteiger partial charge is 0.342 e. The van der Waals surface area contributed by atoms with Gasteiger partial charge in [-0.3, -0.25) is 4.79 Å². The zero-order chi connectivity index (χ0) is 5.98. The van der Waals surface area contributed by atoms with Crippen LogP contribution in [0.5, 0.6) is 0 Å². The summed E-state index contributed by atoms with van der Waals surface area (Å²) in [5.41, 5.74) is -0.454. The second-order valence-corrected chi connectivity index (χ2v) is 1.87. The van der Waals surface area contributed by atoms with E-state index in [1.165, 1.54) is 0 Å². The average Bonchev–Trinajstić information content (AvgIpc) is 2.14. The Morgan fingerprint density at radius 1 is 1.75 bits per heavy atom. The summed E-state index contributed by atoms with van der Waals surface area (Å²) in [5, 5.41) is 0. The molecule has 46 valence electrons. The van der Waals surface area contributed by atoms with Crippen LogP contribution in [0.25, 0.3) is 0 Å². The van der Waals surface area contributed by atoms with E-state index in [0.29, 0.717) is 12.9 Å². The van der Waals surface area contributed by atoms with Crippen molar-refractivity contribution in [2.75, 3.05) is 6.61 Å². The number of ether oxygens (including phenoxy) is 2. The van der Waals surface area contributed by atoms with Gasteiger partial charge in [0.15, 0.2) is 11.8 Å². The lowest BCUT2D eigenvalue weighted by atomic mass is 10.7. The molecule has 0 amide bonds. The van der Waals surface area contributed by atoms with Crippen LogP contribution in [0.2, 0.25) is 0 Å². The van der Waals surface area contributed by atoms with Gasteiger partial charge in [0.2, 0.25) is 6.29 Å². The lowest BCUT2D eigenvalue weighted by Gasteiger charge is -1.95. The Labute approximate surface area is 51.5 Å². The second-order valence-electron chi connectivity index (χ2n) is 1.38. The van der Waals surface area contributed by atoms with Crippen molar-refractivity contribution in [3.8, 4) is 0 Å². The molecule has 4 heteroatoms. The van der Waals surface area contributed by atoms with Crippen molar-refractivity contribution >= 4 is 17.9 Å². The molecule has 1 fully saturated rings. The highest BCUT2D eigenvalue weighted by atomic mass is 35.5. The molecule has 0 aromatic rings. The van der Waals surface area contributed by atoms with E-state index in [-0.39, 0.29) is 0 Å². The normalized spacial score (nSPS) is 37.6. The third-order valence-corrected chi connectivity index (χ3v) is 1.01. The molecule has 1 saturated heterocycles. The molecule has 2 unspecified atom stereocenters. The highest BCUT2D eigenvalue weighted by molar-refractivity contribution is 6.20. The fourth-order valence-electron chi connectivity index (χ4n) is 0.466. The Morgan fingerprint density at radius 3 is 2.75 bits per heavy atom. The molecule has 1 rings (SSSR count). The molecule has 8 heavy (non-hydrogen) atoms. The molecule has 0 spiro atoms. The lowest BCUT2D eigenvalue weighted by molar-refractivity contribution is -0.131. The van der Waals surface area contributed by atoms with Crippen LogP contribution in [0, 0.1) is 0 Å². The van der Waals surface area contributed by atoms with E-state index >= 15 is 0 Å². The van der Waals surface area contributed by atoms with E-state index in [4.69, 9.17) is 16.3 Å². The first-order valence-corrected chi connectivity index (χ1v) is 2.63. The van der Waals surface area contributed by atoms with Crippen LogP contribution in [0.4, 0.5) is 0 Å². The van der Waals surface area contributed by atoms with E-state index in [1.54, 1.807) is 0 Å². The van der Waals surface area contributed by atoms with Crippen molar-refractivity contribution in [2.24, 2.45) is 0 Å². The van der Waals surface area contributed by atoms with Crippen molar-refractivity contribution in [1.29, 1.82) is 0 Å². The van der Waals surface area contributed by atoms with Crippen molar-refractivity contribution in [3.63, 3.8) is 0 Å². The zero-order valence-corrected chi connectivity index (χ0v) is 4.80. The number of halogens is 1. The highest BCUT2D eigenvalue weighted by Crippen LogP contribution is 2.11. The first-order chi connectivity index (χ1) is 3.83. The fourth-order valence-corrected chi connectivity index (χ4v) is 0.640. The Kier molecular flexibility index (Phi) is 1.83. The number of carbonyl (C=O) groups excluding carboxylic acids is 1. The first-order valence-electron chi connectivity index (χ1n) is 2.19. The summed E-state index contributed by atoms with van der Waals surface area (Å²) in [7, 11) is 0. The van der Waals surface area contributed by atoms with Crippen molar-refractivity contribution in [3.05, 3.63) is 0 Å². The smallest absolute Gasteiger partial charge is 0.216 e. The van der Waals surface area contributed by atoms with Gasteiger partial charge in [-0.05, 0) is 0 Å². The molecule has 0 aromatic heterocycles. The Hall–Kier alpha value is -0.120. The second kappa shape index (κ2) is 2.44. The van der Waals surface area contributed by atoms with Crippen LogP contribution in [0.15, 0.2) is 0 Å². The predicted molar refractivity (Wildman–Crippen MR) is 26.5 cm³/mol. The molecule has 0 aromatic carbocycles. The molecule has 3 nitrogen and oxygen atoms in total. The van der Waals surface area contributed by atoms with Crippen LogP contribution in [-0.2, 0) is 14.3 Å². The van der Waals surface area contributed by atoms with Crippen LogP contribution >= 0.6 is 11.6 Å². The minimum atomic E-state index is -0.738. The maximum atomic E-state index is 9.84. The van der Waals surface area contributed by atoms with Gasteiger partial charge in [0, 0.05) is 0 Å². The summed E-state index contributed by atoms with van der Waals surface area (Å²) >= 11 is 5.38. The predicted octanol–water partition coefficient (Wildman–Crippen LogP) is 0.123. The highest BCUT2D eigenvalue weighted by Gasteiger charge is 2.22. The number of hydrogen-bond donors (Lipinski definition) is 0. The number of aldehydes is 1. The molecule has 0 saturated carbocycles. The van der Waals surface area contributed by atoms with Crippen LogP contribution in [0.1, 0.15) is 0 Å². The van der Waals surface area contributed by atoms with Gasteiger partial charge in [-0.15, -0.1) is 0 Å². The maximum absolute atomic E-state index is 9.84. The van der Waals surface area contributed by atoms with Crippen molar-refractivity contribution < 1.29 is 14.3 Å². The molecular weight excluding hydrogens is 131 g/mol. The topological polar surface area (TPSA) is 35.5 Å². The molecule has 2 atom stereocenters. The average molecular weight is 137 g/mol. The monoisotopic (exact) mass is 136 g/mol. The third kappa shape index (κ3) is 1.18. The van der Waals surface area contributed by atoms with Crippen molar-refractivity contribution in [2.45, 2.75) is 11.9 Å². The zero-order valence-electron chi connectivity index (χ0n) is 4.04. The number of rotatable bonds is 1. The van der Waals surface area contributed by atoms with E-state index < -0.39 is 11.9 Å². The Morgan fingerprint density at radius 2 is 2.50 bits per heavy atom. The van der Waals surface area contributed by atoms with E-state index in [9.17, 15) is 4.79 Å². The fraction of sp³-hybridized carbons (Fsp3) is 0.750. The van der Waals surface area contributed by atoms with E-state index in [2.05, 4.69) is 4.74 Å². The summed E-state index contributed by atoms with van der Waals surface area (Å²) in [4.78, 5) is 9.84. The van der Waals surface area contributed by atoms with Gasteiger partial charge in [0.25, 0.3) is 0 Å². The Balaban J connectivity index is 2.32. The van der Waals surface area contributed by atoms with Gasteiger partial charge in [-0.2, -0.15) is 0 Å². The Bertz CT molecular complexity index is 95.3. The van der Waals surface area contributed by atoms with Gasteiger partial charge < -0.3 is 9.47 Å². The molecule has 0 aliphatic carbocycles. The summed E-state index contributed by atoms with van der Waals surface area (Å²) in [5.74, 6) is 0. The standard InChI is InChI=1S/C4H5ClO3/c5-3-2-7-4(1-6)8-3/h1,3-4H,2H2. The molecule has 1 aliphatic rings. The minimum absolute atomic E-state index is 0.297. The molecule has 1 heterocycles. The van der Waals surface area contributed by atoms with Gasteiger partial charge in [0.05, 0.1) is 6.61 Å². The quantitative estimate of drug-likeness (QED) is 0.380. The van der Waals surface area contributed by atoms with Gasteiger partial charge in [0.1, 0.15) is 0 Å². The molecule has 0 bridgehead atoms. The van der Waals surface area contributed by atoms with Gasteiger partial charge in [-0.25, -0.2) is 0 Å². The summed E-state index contributed by atoms with van der Waals surface area (Å²) < 4.78 is 9.38. The van der Waals surface area contributed by atoms with E-state index in [0.717, 1.165) is 0 Å². The summed E-state index contributed by atoms with van der Waals surface area (Å²) in [6.07, 6.45) is -0.167. The van der Waals surface area contributed by atoms with Crippen LogP contribution < -0.4 is 0 Å². The maximum Gasteiger partial charge on any atom is 0.216 e. The third-order valence-electron chi connectivity index (χ3n) is 0.784. The molecular formula is C4H5ClO3. The van der Waals surface area contributed by atoms with Gasteiger partial charge in [-0.1, -0.05) is 11.6 Å². The van der Waals surface area contributed by atoms with Crippen LogP contribution in [-0.4, -0.2) is 24.7 Å². The summed E-state index contributed by atoms with van der Waals surface area (Å²) in [6.45, 7) is 0.297. The summed E-state index contributed by atoms with van der Waals surface area (Å²) in [6, 6.07) is 0. The van der Waals surface area contributed by atoms with E-state index in [1.807, 2.05) is 0 Å². The lowest BCUT2D eigenvalue weighted by Crippen LogP contribution is -2.08. The molecule has 1 aliphatic heterocycles. The SMILES string of the molecule is O=CC1OCC(Cl)O1. The van der Waals surface area contributed by atoms with Crippen LogP contribution in [0.3, 0.4) is 0 Å². The number of carbonyl (C=O) groups is 1. The minimum Gasteiger partial charge on any atom is -0.342 e. The van der Waals surface area contributed by atoms with Gasteiger partial charge >= 0.3 is 0 Å².